The summed E-state index contributed by atoms with van der Waals surface area (Å²) in [6.07, 6.45) is 2.85. The van der Waals surface area contributed by atoms with E-state index in [0.717, 1.165) is 0 Å². The van der Waals surface area contributed by atoms with E-state index in [-0.39, 0.29) is 17.8 Å². The first-order valence-corrected chi connectivity index (χ1v) is 5.90. The average molecular weight is 256 g/mol. The quantitative estimate of drug-likeness (QED) is 0.212. The number of rotatable bonds is 8. The number of nitrogens with one attached hydrogen (secondary N) is 3. The number of hydrogen-bond donors (Lipinski definition) is 5. The number of nitrogens with two attached hydrogens (primary N) is 2. The van der Waals surface area contributed by atoms with Crippen molar-refractivity contribution in [1.82, 2.24) is 10.6 Å². The number of carbonyl (C=O) groups excluding carboxylic acids is 2. The highest BCUT2D eigenvalue weighted by Crippen LogP contribution is 2.00. The van der Waals surface area contributed by atoms with Gasteiger partial charge in [-0.3, -0.25) is 15.0 Å². The third-order valence-electron chi connectivity index (χ3n) is 2.44. The molecule has 0 rings (SSSR count). The van der Waals surface area contributed by atoms with E-state index in [9.17, 15) is 9.59 Å². The summed E-state index contributed by atoms with van der Waals surface area (Å²) in [7, 11) is 0. The first-order valence-electron chi connectivity index (χ1n) is 5.90. The first kappa shape index (κ1) is 16.4. The van der Waals surface area contributed by atoms with Gasteiger partial charge in [0.15, 0.2) is 5.96 Å². The van der Waals surface area contributed by atoms with E-state index in [1.165, 1.54) is 0 Å². The zero-order chi connectivity index (χ0) is 14.1. The molecular formula is C11H22N5O2. The summed E-state index contributed by atoms with van der Waals surface area (Å²) in [4.78, 5) is 22.3. The van der Waals surface area contributed by atoms with Gasteiger partial charge in [-0.05, 0) is 18.8 Å². The van der Waals surface area contributed by atoms with Gasteiger partial charge in [0.05, 0.1) is 12.1 Å². The summed E-state index contributed by atoms with van der Waals surface area (Å²) < 4.78 is 0. The van der Waals surface area contributed by atoms with Crippen LogP contribution in [0.1, 0.15) is 26.7 Å². The van der Waals surface area contributed by atoms with E-state index in [1.54, 1.807) is 6.29 Å². The van der Waals surface area contributed by atoms with Crippen molar-refractivity contribution in [2.24, 2.45) is 17.4 Å². The maximum Gasteiger partial charge on any atom is 0.237 e. The second-order valence-electron chi connectivity index (χ2n) is 4.44. The van der Waals surface area contributed by atoms with Crippen molar-refractivity contribution in [3.8, 4) is 0 Å². The Morgan fingerprint density at radius 1 is 1.44 bits per heavy atom. The third-order valence-corrected chi connectivity index (χ3v) is 2.44. The van der Waals surface area contributed by atoms with Gasteiger partial charge in [0.1, 0.15) is 0 Å². The first-order chi connectivity index (χ1) is 8.38. The lowest BCUT2D eigenvalue weighted by Crippen LogP contribution is -2.48. The number of carbonyl (C=O) groups is 1. The molecule has 0 aromatic carbocycles. The summed E-state index contributed by atoms with van der Waals surface area (Å²) in [5.74, 6) is -0.485. The fraction of sp³-hybridized carbons (Fsp3) is 0.727. The summed E-state index contributed by atoms with van der Waals surface area (Å²) in [5.41, 5.74) is 10.8. The predicted octanol–water partition coefficient (Wildman–Crippen LogP) is -1.17. The lowest BCUT2D eigenvalue weighted by molar-refractivity contribution is -0.123. The molecule has 0 saturated heterocycles. The van der Waals surface area contributed by atoms with Crippen LogP contribution in [-0.2, 0) is 9.59 Å². The van der Waals surface area contributed by atoms with Gasteiger partial charge in [0.25, 0.3) is 0 Å². The smallest absolute Gasteiger partial charge is 0.237 e. The average Bonchev–Trinajstić information content (AvgIpc) is 2.30. The van der Waals surface area contributed by atoms with E-state index in [0.29, 0.717) is 19.4 Å². The molecule has 1 radical (unpaired) electrons. The van der Waals surface area contributed by atoms with Crippen LogP contribution in [0, 0.1) is 11.3 Å². The second-order valence-corrected chi connectivity index (χ2v) is 4.44. The Labute approximate surface area is 107 Å². The third kappa shape index (κ3) is 6.85. The second kappa shape index (κ2) is 8.46. The van der Waals surface area contributed by atoms with Gasteiger partial charge in [0, 0.05) is 6.54 Å². The molecule has 103 valence electrons. The Morgan fingerprint density at radius 2 is 2.06 bits per heavy atom. The SMILES string of the molecule is CC(C)C([C]=O)NC(=O)C(N)CCCNC(=N)N. The van der Waals surface area contributed by atoms with Crippen molar-refractivity contribution >= 4 is 18.2 Å². The molecule has 0 aromatic heterocycles. The molecule has 0 fully saturated rings. The number of guanidine groups is 1. The minimum atomic E-state index is -0.673. The van der Waals surface area contributed by atoms with E-state index >= 15 is 0 Å². The molecule has 7 nitrogen and oxygen atoms in total. The van der Waals surface area contributed by atoms with Gasteiger partial charge < -0.3 is 22.1 Å². The Balaban J connectivity index is 3.95. The van der Waals surface area contributed by atoms with Gasteiger partial charge in [-0.1, -0.05) is 13.8 Å². The normalized spacial score (nSPS) is 13.8. The Bertz CT molecular complexity index is 293. The van der Waals surface area contributed by atoms with Crippen molar-refractivity contribution < 1.29 is 9.59 Å². The van der Waals surface area contributed by atoms with Crippen LogP contribution >= 0.6 is 0 Å². The fourth-order valence-corrected chi connectivity index (χ4v) is 1.27. The zero-order valence-electron chi connectivity index (χ0n) is 10.8. The van der Waals surface area contributed by atoms with E-state index in [2.05, 4.69) is 10.6 Å². The highest BCUT2D eigenvalue weighted by atomic mass is 16.2. The molecule has 1 amide bonds. The van der Waals surface area contributed by atoms with Gasteiger partial charge in [-0.15, -0.1) is 0 Å². The Morgan fingerprint density at radius 3 is 2.50 bits per heavy atom. The molecule has 2 unspecified atom stereocenters. The molecule has 0 bridgehead atoms. The lowest BCUT2D eigenvalue weighted by Gasteiger charge is -2.18. The zero-order valence-corrected chi connectivity index (χ0v) is 10.8. The van der Waals surface area contributed by atoms with Crippen LogP contribution in [0.5, 0.6) is 0 Å². The van der Waals surface area contributed by atoms with Crippen molar-refractivity contribution in [2.75, 3.05) is 6.54 Å². The van der Waals surface area contributed by atoms with Crippen LogP contribution in [0.3, 0.4) is 0 Å². The molecule has 0 saturated carbocycles. The predicted molar refractivity (Wildman–Crippen MR) is 69.6 cm³/mol. The summed E-state index contributed by atoms with van der Waals surface area (Å²) in [5, 5.41) is 12.1. The highest BCUT2D eigenvalue weighted by molar-refractivity contribution is 5.84. The van der Waals surface area contributed by atoms with Gasteiger partial charge in [-0.2, -0.15) is 0 Å². The maximum atomic E-state index is 11.6. The van der Waals surface area contributed by atoms with Crippen molar-refractivity contribution in [3.05, 3.63) is 0 Å². The minimum absolute atomic E-state index is 0.0157. The minimum Gasteiger partial charge on any atom is -0.370 e. The summed E-state index contributed by atoms with van der Waals surface area (Å²) >= 11 is 0. The molecule has 18 heavy (non-hydrogen) atoms. The van der Waals surface area contributed by atoms with Crippen molar-refractivity contribution in [2.45, 2.75) is 38.8 Å². The Hall–Kier alpha value is -1.63. The van der Waals surface area contributed by atoms with Crippen molar-refractivity contribution in [1.29, 1.82) is 5.41 Å². The fourth-order valence-electron chi connectivity index (χ4n) is 1.27. The highest BCUT2D eigenvalue weighted by Gasteiger charge is 2.20. The molecule has 2 atom stereocenters. The largest absolute Gasteiger partial charge is 0.370 e. The number of hydrogen-bond acceptors (Lipinski definition) is 4. The molecule has 0 aliphatic heterocycles. The lowest BCUT2D eigenvalue weighted by atomic mass is 10.0. The molecule has 0 aromatic rings. The van der Waals surface area contributed by atoms with E-state index < -0.39 is 12.1 Å². The van der Waals surface area contributed by atoms with Gasteiger partial charge >= 0.3 is 0 Å². The van der Waals surface area contributed by atoms with E-state index in [4.69, 9.17) is 16.9 Å². The molecular weight excluding hydrogens is 234 g/mol. The van der Waals surface area contributed by atoms with Crippen LogP contribution < -0.4 is 22.1 Å². The van der Waals surface area contributed by atoms with E-state index in [1.807, 2.05) is 13.8 Å². The van der Waals surface area contributed by atoms with Crippen LogP contribution in [-0.4, -0.2) is 36.8 Å². The number of amides is 1. The van der Waals surface area contributed by atoms with Crippen LogP contribution in [0.4, 0.5) is 0 Å². The maximum absolute atomic E-state index is 11.6. The standard InChI is InChI=1S/C11H22N5O2/c1-7(2)9(6-17)16-10(18)8(12)4-3-5-15-11(13)14/h7-9H,3-5,12H2,1-2H3,(H,16,18)(H4,13,14,15). The van der Waals surface area contributed by atoms with Crippen LogP contribution in [0.25, 0.3) is 0 Å². The molecule has 7 heteroatoms. The van der Waals surface area contributed by atoms with Crippen LogP contribution in [0.15, 0.2) is 0 Å². The molecule has 0 spiro atoms. The van der Waals surface area contributed by atoms with Gasteiger partial charge in [-0.25, -0.2) is 0 Å². The Kier molecular flexibility index (Phi) is 7.69. The molecule has 0 heterocycles. The van der Waals surface area contributed by atoms with Crippen molar-refractivity contribution in [3.63, 3.8) is 0 Å². The van der Waals surface area contributed by atoms with Crippen LogP contribution in [0.2, 0.25) is 0 Å². The molecule has 0 aliphatic rings. The summed E-state index contributed by atoms with van der Waals surface area (Å²) in [6.45, 7) is 4.13. The monoisotopic (exact) mass is 256 g/mol. The summed E-state index contributed by atoms with van der Waals surface area (Å²) in [6, 6.07) is -1.30. The van der Waals surface area contributed by atoms with Gasteiger partial charge in [0.2, 0.25) is 12.2 Å². The molecule has 7 N–H and O–H groups in total. The molecule has 0 aliphatic carbocycles. The topological polar surface area (TPSA) is 134 Å².